The van der Waals surface area contributed by atoms with E-state index in [1.54, 1.807) is 6.92 Å². The van der Waals surface area contributed by atoms with Gasteiger partial charge in [0.05, 0.1) is 18.3 Å². The van der Waals surface area contributed by atoms with Crippen LogP contribution in [-0.4, -0.2) is 35.5 Å². The molecule has 2 rings (SSSR count). The molecular weight excluding hydrogens is 404 g/mol. The van der Waals surface area contributed by atoms with Crippen LogP contribution in [0.15, 0.2) is 29.6 Å². The largest absolute Gasteiger partial charge is 0.450 e. The van der Waals surface area contributed by atoms with Crippen LogP contribution in [0, 0.1) is 5.92 Å². The Balaban J connectivity index is 2.05. The summed E-state index contributed by atoms with van der Waals surface area (Å²) in [5.74, 6) is -0.547. The van der Waals surface area contributed by atoms with Crippen molar-refractivity contribution in [1.29, 1.82) is 0 Å². The van der Waals surface area contributed by atoms with Crippen LogP contribution in [0.1, 0.15) is 46.2 Å². The minimum absolute atomic E-state index is 0.0800. The molecule has 0 spiro atoms. The molecule has 3 amide bonds. The zero-order valence-corrected chi connectivity index (χ0v) is 18.6. The zero-order chi connectivity index (χ0) is 22.3. The number of anilines is 1. The summed E-state index contributed by atoms with van der Waals surface area (Å²) >= 11 is 1.31. The Hall–Kier alpha value is -2.94. The predicted octanol–water partition coefficient (Wildman–Crippen LogP) is 3.72. The quantitative estimate of drug-likeness (QED) is 0.589. The molecular formula is C21H28N4O4S. The minimum Gasteiger partial charge on any atom is -0.450 e. The molecule has 1 heterocycles. The van der Waals surface area contributed by atoms with E-state index >= 15 is 0 Å². The monoisotopic (exact) mass is 432 g/mol. The van der Waals surface area contributed by atoms with Gasteiger partial charge in [-0.2, -0.15) is 0 Å². The number of carbonyl (C=O) groups excluding carboxylic acids is 3. The summed E-state index contributed by atoms with van der Waals surface area (Å²) in [6.45, 7) is 9.02. The van der Waals surface area contributed by atoms with Crippen LogP contribution in [0.5, 0.6) is 0 Å². The highest BCUT2D eigenvalue weighted by molar-refractivity contribution is 7.14. The summed E-state index contributed by atoms with van der Waals surface area (Å²) in [5, 5.41) is 10.5. The van der Waals surface area contributed by atoms with E-state index in [4.69, 9.17) is 4.74 Å². The third-order valence-corrected chi connectivity index (χ3v) is 5.12. The van der Waals surface area contributed by atoms with Crippen molar-refractivity contribution in [1.82, 2.24) is 15.6 Å². The van der Waals surface area contributed by atoms with Crippen LogP contribution >= 0.6 is 11.3 Å². The summed E-state index contributed by atoms with van der Waals surface area (Å²) in [5.41, 5.74) is 2.62. The van der Waals surface area contributed by atoms with Crippen molar-refractivity contribution in [2.75, 3.05) is 11.9 Å². The Morgan fingerprint density at radius 3 is 2.33 bits per heavy atom. The summed E-state index contributed by atoms with van der Waals surface area (Å²) in [6, 6.07) is 6.91. The number of hydrogen-bond donors (Lipinski definition) is 3. The molecule has 8 nitrogen and oxygen atoms in total. The van der Waals surface area contributed by atoms with Gasteiger partial charge in [0.15, 0.2) is 5.13 Å². The molecule has 1 aromatic carbocycles. The topological polar surface area (TPSA) is 109 Å². The standard InChI is InChI=1S/C21H28N4O4S/c1-6-29-21(28)24-18(12(2)3)19(27)25-20-23-17(11-30-20)16-9-7-15(8-10-16)13(4)22-14(5)26/h7-13,18H,6H2,1-5H3,(H,22,26)(H,24,28)(H,23,25,27). The molecule has 0 aliphatic heterocycles. The highest BCUT2D eigenvalue weighted by Gasteiger charge is 2.25. The van der Waals surface area contributed by atoms with Crippen molar-refractivity contribution < 1.29 is 19.1 Å². The van der Waals surface area contributed by atoms with Crippen LogP contribution in [-0.2, 0) is 14.3 Å². The van der Waals surface area contributed by atoms with Gasteiger partial charge >= 0.3 is 6.09 Å². The summed E-state index contributed by atoms with van der Waals surface area (Å²) in [6.07, 6.45) is -0.625. The van der Waals surface area contributed by atoms with Gasteiger partial charge in [0.1, 0.15) is 6.04 Å². The molecule has 0 bridgehead atoms. The number of rotatable bonds is 8. The van der Waals surface area contributed by atoms with Crippen molar-refractivity contribution >= 4 is 34.4 Å². The average molecular weight is 433 g/mol. The van der Waals surface area contributed by atoms with Crippen LogP contribution in [0.4, 0.5) is 9.93 Å². The second-order valence-electron chi connectivity index (χ2n) is 7.16. The first-order valence-corrected chi connectivity index (χ1v) is 10.7. The molecule has 30 heavy (non-hydrogen) atoms. The third kappa shape index (κ3) is 6.55. The van der Waals surface area contributed by atoms with Gasteiger partial charge in [-0.3, -0.25) is 9.59 Å². The molecule has 1 aromatic heterocycles. The van der Waals surface area contributed by atoms with Crippen molar-refractivity contribution in [2.45, 2.75) is 46.7 Å². The molecule has 162 valence electrons. The molecule has 0 saturated carbocycles. The van der Waals surface area contributed by atoms with Gasteiger partial charge in [-0.1, -0.05) is 38.1 Å². The Labute approximate surface area is 180 Å². The number of aromatic nitrogens is 1. The van der Waals surface area contributed by atoms with E-state index in [2.05, 4.69) is 20.9 Å². The first-order valence-electron chi connectivity index (χ1n) is 9.78. The van der Waals surface area contributed by atoms with E-state index in [1.165, 1.54) is 18.3 Å². The fraction of sp³-hybridized carbons (Fsp3) is 0.429. The fourth-order valence-electron chi connectivity index (χ4n) is 2.81. The predicted molar refractivity (Wildman–Crippen MR) is 117 cm³/mol. The number of ether oxygens (including phenoxy) is 1. The van der Waals surface area contributed by atoms with Crippen LogP contribution in [0.25, 0.3) is 11.3 Å². The molecule has 9 heteroatoms. The number of benzene rings is 1. The van der Waals surface area contributed by atoms with Crippen LogP contribution in [0.2, 0.25) is 0 Å². The number of nitrogens with one attached hydrogen (secondary N) is 3. The fourth-order valence-corrected chi connectivity index (χ4v) is 3.53. The van der Waals surface area contributed by atoms with Crippen LogP contribution < -0.4 is 16.0 Å². The van der Waals surface area contributed by atoms with Gasteiger partial charge in [0.2, 0.25) is 11.8 Å². The molecule has 2 atom stereocenters. The van der Waals surface area contributed by atoms with Crippen molar-refractivity contribution in [2.24, 2.45) is 5.92 Å². The first-order chi connectivity index (χ1) is 14.2. The number of hydrogen-bond acceptors (Lipinski definition) is 6. The number of nitrogens with zero attached hydrogens (tertiary/aromatic N) is 1. The van der Waals surface area contributed by atoms with Gasteiger partial charge < -0.3 is 20.7 Å². The second-order valence-corrected chi connectivity index (χ2v) is 8.02. The Morgan fingerprint density at radius 2 is 1.77 bits per heavy atom. The van der Waals surface area contributed by atoms with E-state index in [-0.39, 0.29) is 30.4 Å². The lowest BCUT2D eigenvalue weighted by atomic mass is 10.0. The zero-order valence-electron chi connectivity index (χ0n) is 17.8. The maximum Gasteiger partial charge on any atom is 0.407 e. The normalized spacial score (nSPS) is 12.7. The molecule has 2 unspecified atom stereocenters. The molecule has 3 N–H and O–H groups in total. The molecule has 2 aromatic rings. The van der Waals surface area contributed by atoms with Crippen molar-refractivity contribution in [3.05, 3.63) is 35.2 Å². The first kappa shape index (κ1) is 23.3. The lowest BCUT2D eigenvalue weighted by molar-refractivity contribution is -0.120. The second kappa shape index (κ2) is 10.7. The smallest absolute Gasteiger partial charge is 0.407 e. The maximum atomic E-state index is 12.6. The van der Waals surface area contributed by atoms with E-state index in [9.17, 15) is 14.4 Å². The Kier molecular flexibility index (Phi) is 8.35. The van der Waals surface area contributed by atoms with Gasteiger partial charge in [-0.25, -0.2) is 9.78 Å². The van der Waals surface area contributed by atoms with Crippen LogP contribution in [0.3, 0.4) is 0 Å². The summed E-state index contributed by atoms with van der Waals surface area (Å²) in [4.78, 5) is 40.0. The lowest BCUT2D eigenvalue weighted by Gasteiger charge is -2.20. The highest BCUT2D eigenvalue weighted by atomic mass is 32.1. The lowest BCUT2D eigenvalue weighted by Crippen LogP contribution is -2.47. The highest BCUT2D eigenvalue weighted by Crippen LogP contribution is 2.26. The van der Waals surface area contributed by atoms with Gasteiger partial charge in [-0.15, -0.1) is 11.3 Å². The minimum atomic E-state index is -0.731. The molecule has 0 aliphatic rings. The third-order valence-electron chi connectivity index (χ3n) is 4.36. The van der Waals surface area contributed by atoms with Crippen molar-refractivity contribution in [3.8, 4) is 11.3 Å². The Morgan fingerprint density at radius 1 is 1.10 bits per heavy atom. The average Bonchev–Trinajstić information content (AvgIpc) is 3.14. The molecule has 0 fully saturated rings. The van der Waals surface area contributed by atoms with Gasteiger partial charge in [0.25, 0.3) is 0 Å². The van der Waals surface area contributed by atoms with E-state index < -0.39 is 12.1 Å². The van der Waals surface area contributed by atoms with E-state index in [1.807, 2.05) is 50.4 Å². The molecule has 0 saturated heterocycles. The summed E-state index contributed by atoms with van der Waals surface area (Å²) < 4.78 is 4.87. The van der Waals surface area contributed by atoms with E-state index in [0.717, 1.165) is 16.8 Å². The Bertz CT molecular complexity index is 879. The van der Waals surface area contributed by atoms with Crippen molar-refractivity contribution in [3.63, 3.8) is 0 Å². The number of amides is 3. The number of thiazole rings is 1. The molecule has 0 radical (unpaired) electrons. The van der Waals surface area contributed by atoms with Gasteiger partial charge in [-0.05, 0) is 25.3 Å². The molecule has 0 aliphatic carbocycles. The number of carbonyl (C=O) groups is 3. The summed E-state index contributed by atoms with van der Waals surface area (Å²) in [7, 11) is 0. The SMILES string of the molecule is CCOC(=O)NC(C(=O)Nc1nc(-c2ccc(C(C)NC(C)=O)cc2)cs1)C(C)C. The maximum absolute atomic E-state index is 12.6. The number of alkyl carbamates (subject to hydrolysis) is 1. The van der Waals surface area contributed by atoms with E-state index in [0.29, 0.717) is 5.13 Å². The van der Waals surface area contributed by atoms with Gasteiger partial charge in [0, 0.05) is 17.9 Å².